The second kappa shape index (κ2) is 4.67. The summed E-state index contributed by atoms with van der Waals surface area (Å²) in [6.07, 6.45) is -7.06. The van der Waals surface area contributed by atoms with Gasteiger partial charge in [0.2, 0.25) is 6.29 Å². The zero-order valence-corrected chi connectivity index (χ0v) is 7.11. The Balaban J connectivity index is 2.67. The van der Waals surface area contributed by atoms with Gasteiger partial charge < -0.3 is 29.9 Å². The maximum atomic E-state index is 9.86. The summed E-state index contributed by atoms with van der Waals surface area (Å²) in [6.45, 7) is 0.473. The zero-order valence-electron chi connectivity index (χ0n) is 7.11. The first kappa shape index (κ1) is 11.3. The highest BCUT2D eigenvalue weighted by Crippen LogP contribution is 2.21. The minimum Gasteiger partial charge on any atom is -0.424 e. The van der Waals surface area contributed by atoms with Crippen LogP contribution in [0.15, 0.2) is 0 Å². The van der Waals surface area contributed by atoms with Crippen LogP contribution in [0.1, 0.15) is 0 Å². The number of hydrogen-bond acceptors (Lipinski definition) is 7. The van der Waals surface area contributed by atoms with Crippen LogP contribution in [0.4, 0.5) is 0 Å². The Morgan fingerprint density at radius 1 is 1.21 bits per heavy atom. The number of carbonyl (C=O) groups excluding carboxylic acids is 1. The smallest absolute Gasteiger partial charge is 0.419 e. The van der Waals surface area contributed by atoms with Gasteiger partial charge in [-0.15, -0.1) is 0 Å². The lowest BCUT2D eigenvalue weighted by atomic mass is 9.99. The third kappa shape index (κ3) is 2.02. The number of aliphatic hydroxyl groups is 4. The van der Waals surface area contributed by atoms with Crippen molar-refractivity contribution in [3.8, 4) is 0 Å². The Hall–Kier alpha value is -0.730. The zero-order chi connectivity index (χ0) is 10.7. The summed E-state index contributed by atoms with van der Waals surface area (Å²) in [4.78, 5) is 9.86. The maximum Gasteiger partial charge on any atom is 0.419 e. The Labute approximate surface area is 79.5 Å². The standard InChI is InChI=1S/C7H11O7/c8-1-3-4(10)5(11)6(12)7(14-3)13-2-9/h3-8,10-12H,1H2/t3-,4-,5+,6-,7?/m1/s1. The van der Waals surface area contributed by atoms with Crippen LogP contribution in [0.3, 0.4) is 0 Å². The van der Waals surface area contributed by atoms with Crippen molar-refractivity contribution in [2.24, 2.45) is 0 Å². The summed E-state index contributed by atoms with van der Waals surface area (Å²) in [6, 6.07) is 0. The van der Waals surface area contributed by atoms with Crippen LogP contribution in [-0.2, 0) is 14.3 Å². The predicted octanol–water partition coefficient (Wildman–Crippen LogP) is -3.13. The fourth-order valence-corrected chi connectivity index (χ4v) is 1.21. The molecule has 4 N–H and O–H groups in total. The summed E-state index contributed by atoms with van der Waals surface area (Å²) < 4.78 is 8.96. The van der Waals surface area contributed by atoms with Gasteiger partial charge in [-0.25, -0.2) is 4.79 Å². The van der Waals surface area contributed by atoms with E-state index in [0.29, 0.717) is 0 Å². The fraction of sp³-hybridized carbons (Fsp3) is 0.857. The molecule has 0 spiro atoms. The SMILES string of the molecule is O=[C]OC1O[C@H](CO)[C@@H](O)[C@H](O)[C@H]1O. The van der Waals surface area contributed by atoms with Crippen LogP contribution in [0.2, 0.25) is 0 Å². The number of ether oxygens (including phenoxy) is 2. The van der Waals surface area contributed by atoms with Crippen molar-refractivity contribution in [3.63, 3.8) is 0 Å². The number of aliphatic hydroxyl groups excluding tert-OH is 4. The molecule has 0 aromatic rings. The average molecular weight is 207 g/mol. The molecule has 14 heavy (non-hydrogen) atoms. The van der Waals surface area contributed by atoms with E-state index in [1.807, 2.05) is 0 Å². The molecule has 0 amide bonds. The van der Waals surface area contributed by atoms with Gasteiger partial charge in [-0.2, -0.15) is 0 Å². The molecule has 1 aliphatic heterocycles. The van der Waals surface area contributed by atoms with Gasteiger partial charge in [0.15, 0.2) is 0 Å². The molecule has 0 bridgehead atoms. The lowest BCUT2D eigenvalue weighted by molar-refractivity contribution is -0.281. The highest BCUT2D eigenvalue weighted by Gasteiger charge is 2.44. The lowest BCUT2D eigenvalue weighted by Crippen LogP contribution is -2.59. The van der Waals surface area contributed by atoms with Crippen LogP contribution in [0.25, 0.3) is 0 Å². The van der Waals surface area contributed by atoms with Crippen molar-refractivity contribution in [2.45, 2.75) is 30.7 Å². The van der Waals surface area contributed by atoms with Crippen LogP contribution < -0.4 is 0 Å². The molecule has 1 rings (SSSR count). The van der Waals surface area contributed by atoms with E-state index in [1.165, 1.54) is 0 Å². The summed E-state index contributed by atoms with van der Waals surface area (Å²) in [5.74, 6) is 0. The van der Waals surface area contributed by atoms with Crippen molar-refractivity contribution >= 4 is 6.47 Å². The summed E-state index contributed by atoms with van der Waals surface area (Å²) >= 11 is 0. The molecule has 1 radical (unpaired) electrons. The molecule has 1 aliphatic rings. The topological polar surface area (TPSA) is 116 Å². The molecule has 81 valence electrons. The van der Waals surface area contributed by atoms with Crippen molar-refractivity contribution in [1.29, 1.82) is 0 Å². The van der Waals surface area contributed by atoms with Crippen molar-refractivity contribution < 1.29 is 34.7 Å². The predicted molar refractivity (Wildman–Crippen MR) is 40.5 cm³/mol. The van der Waals surface area contributed by atoms with E-state index in [2.05, 4.69) is 4.74 Å². The molecule has 1 heterocycles. The van der Waals surface area contributed by atoms with E-state index in [-0.39, 0.29) is 0 Å². The second-order valence-electron chi connectivity index (χ2n) is 2.90. The molecular formula is C7H11O7. The van der Waals surface area contributed by atoms with Gasteiger partial charge in [-0.3, -0.25) is 0 Å². The monoisotopic (exact) mass is 207 g/mol. The largest absolute Gasteiger partial charge is 0.424 e. The van der Waals surface area contributed by atoms with Crippen molar-refractivity contribution in [3.05, 3.63) is 0 Å². The van der Waals surface area contributed by atoms with Gasteiger partial charge in [0.1, 0.15) is 24.4 Å². The maximum absolute atomic E-state index is 9.86. The van der Waals surface area contributed by atoms with Crippen LogP contribution in [0.5, 0.6) is 0 Å². The van der Waals surface area contributed by atoms with E-state index in [4.69, 9.17) is 9.84 Å². The van der Waals surface area contributed by atoms with Gasteiger partial charge >= 0.3 is 6.47 Å². The van der Waals surface area contributed by atoms with E-state index in [0.717, 1.165) is 6.47 Å². The molecular weight excluding hydrogens is 196 g/mol. The van der Waals surface area contributed by atoms with Crippen LogP contribution >= 0.6 is 0 Å². The molecule has 1 fully saturated rings. The summed E-state index contributed by atoms with van der Waals surface area (Å²) in [7, 11) is 0. The van der Waals surface area contributed by atoms with E-state index < -0.39 is 37.3 Å². The fourth-order valence-electron chi connectivity index (χ4n) is 1.21. The average Bonchev–Trinajstić information content (AvgIpc) is 2.19. The van der Waals surface area contributed by atoms with E-state index in [9.17, 15) is 20.1 Å². The third-order valence-corrected chi connectivity index (χ3v) is 2.01. The van der Waals surface area contributed by atoms with Gasteiger partial charge in [0, 0.05) is 0 Å². The lowest BCUT2D eigenvalue weighted by Gasteiger charge is -2.38. The van der Waals surface area contributed by atoms with Crippen LogP contribution in [0, 0.1) is 0 Å². The molecule has 7 heteroatoms. The Bertz CT molecular complexity index is 194. The Morgan fingerprint density at radius 3 is 2.36 bits per heavy atom. The van der Waals surface area contributed by atoms with E-state index >= 15 is 0 Å². The van der Waals surface area contributed by atoms with Crippen molar-refractivity contribution in [1.82, 2.24) is 0 Å². The van der Waals surface area contributed by atoms with Gasteiger partial charge in [0.25, 0.3) is 0 Å². The molecule has 1 unspecified atom stereocenters. The van der Waals surface area contributed by atoms with E-state index in [1.54, 1.807) is 0 Å². The molecule has 7 nitrogen and oxygen atoms in total. The number of hydrogen-bond donors (Lipinski definition) is 4. The van der Waals surface area contributed by atoms with Gasteiger partial charge in [-0.1, -0.05) is 0 Å². The van der Waals surface area contributed by atoms with Gasteiger partial charge in [0.05, 0.1) is 6.61 Å². The van der Waals surface area contributed by atoms with Gasteiger partial charge in [-0.05, 0) is 0 Å². The molecule has 0 aliphatic carbocycles. The first-order chi connectivity index (χ1) is 6.61. The Kier molecular flexibility index (Phi) is 3.78. The first-order valence-electron chi connectivity index (χ1n) is 3.95. The molecule has 0 aromatic carbocycles. The minimum atomic E-state index is -1.56. The second-order valence-corrected chi connectivity index (χ2v) is 2.90. The number of rotatable bonds is 3. The molecule has 0 saturated carbocycles. The molecule has 0 aromatic heterocycles. The Morgan fingerprint density at radius 2 is 1.86 bits per heavy atom. The highest BCUT2D eigenvalue weighted by atomic mass is 16.7. The summed E-state index contributed by atoms with van der Waals surface area (Å²) in [5, 5.41) is 36.4. The minimum absolute atomic E-state index is 0.566. The normalized spacial score (nSPS) is 43.3. The van der Waals surface area contributed by atoms with Crippen molar-refractivity contribution in [2.75, 3.05) is 6.61 Å². The van der Waals surface area contributed by atoms with Crippen LogP contribution in [-0.4, -0.2) is 64.2 Å². The highest BCUT2D eigenvalue weighted by molar-refractivity contribution is 5.38. The molecule has 1 saturated heterocycles. The molecule has 5 atom stereocenters. The first-order valence-corrected chi connectivity index (χ1v) is 3.95. The summed E-state index contributed by atoms with van der Waals surface area (Å²) in [5.41, 5.74) is 0. The quantitative estimate of drug-likeness (QED) is 0.386. The third-order valence-electron chi connectivity index (χ3n) is 2.01.